The van der Waals surface area contributed by atoms with E-state index < -0.39 is 0 Å². The molecule has 0 unspecified atom stereocenters. The topological polar surface area (TPSA) is 49.3 Å². The monoisotopic (exact) mass is 390 g/mol. The number of piperidine rings is 1. The summed E-state index contributed by atoms with van der Waals surface area (Å²) in [6.07, 6.45) is 5.02. The Balaban J connectivity index is 1.40. The molecule has 2 aromatic rings. The van der Waals surface area contributed by atoms with Gasteiger partial charge in [-0.15, -0.1) is 0 Å². The van der Waals surface area contributed by atoms with Crippen LogP contribution in [-0.4, -0.2) is 46.3 Å². The molecule has 7 heteroatoms. The quantitative estimate of drug-likeness (QED) is 0.800. The summed E-state index contributed by atoms with van der Waals surface area (Å²) in [4.78, 5) is 21.7. The van der Waals surface area contributed by atoms with E-state index >= 15 is 0 Å². The molecule has 1 atom stereocenters. The van der Waals surface area contributed by atoms with E-state index in [1.807, 2.05) is 29.2 Å². The van der Waals surface area contributed by atoms with Crippen molar-refractivity contribution in [2.45, 2.75) is 32.1 Å². The van der Waals surface area contributed by atoms with Crippen molar-refractivity contribution in [3.8, 4) is 0 Å². The second-order valence-corrected chi connectivity index (χ2v) is 8.28. The Kier molecular flexibility index (Phi) is 5.41. The van der Waals surface area contributed by atoms with Crippen molar-refractivity contribution >= 4 is 34.2 Å². The third-order valence-corrected chi connectivity index (χ3v) is 6.26. The number of hydrogen-bond acceptors (Lipinski definition) is 5. The van der Waals surface area contributed by atoms with E-state index in [1.54, 1.807) is 0 Å². The average molecular weight is 391 g/mol. The molecule has 0 aliphatic carbocycles. The molecule has 138 valence electrons. The highest BCUT2D eigenvalue weighted by atomic mass is 35.5. The largest absolute Gasteiger partial charge is 0.346 e. The minimum atomic E-state index is 0.102. The number of likely N-dealkylation sites (tertiary alicyclic amines) is 1. The van der Waals surface area contributed by atoms with Crippen LogP contribution in [0.3, 0.4) is 0 Å². The molecule has 0 bridgehead atoms. The zero-order chi connectivity index (χ0) is 17.9. The first-order chi connectivity index (χ1) is 12.7. The molecule has 0 saturated carbocycles. The van der Waals surface area contributed by atoms with Gasteiger partial charge in [0.25, 0.3) is 0 Å². The second-order valence-electron chi connectivity index (χ2n) is 7.11. The number of carbonyl (C=O) groups excluding carboxylic acids is 1. The third-order valence-electron chi connectivity index (χ3n) is 5.19. The molecular formula is C19H23ClN4OS. The zero-order valence-electron chi connectivity index (χ0n) is 14.7. The van der Waals surface area contributed by atoms with Gasteiger partial charge in [-0.1, -0.05) is 23.7 Å². The van der Waals surface area contributed by atoms with Gasteiger partial charge in [-0.2, -0.15) is 4.37 Å². The standard InChI is InChI=1S/C19H23ClN4OS/c20-16-7-5-14(6-8-16)12-17-21-19(26-22-17)24-11-3-4-15(13-24)18(25)23-9-1-2-10-23/h5-8,15H,1-4,9-13H2/t15-/m1/s1. The highest BCUT2D eigenvalue weighted by molar-refractivity contribution is 7.09. The lowest BCUT2D eigenvalue weighted by Gasteiger charge is -2.33. The van der Waals surface area contributed by atoms with Gasteiger partial charge in [0.2, 0.25) is 11.0 Å². The molecule has 3 heterocycles. The summed E-state index contributed by atoms with van der Waals surface area (Å²) in [5, 5.41) is 1.68. The Morgan fingerprint density at radius 2 is 1.92 bits per heavy atom. The lowest BCUT2D eigenvalue weighted by molar-refractivity contribution is -0.134. The summed E-state index contributed by atoms with van der Waals surface area (Å²) in [6.45, 7) is 3.59. The van der Waals surface area contributed by atoms with Crippen LogP contribution in [0.25, 0.3) is 0 Å². The fourth-order valence-electron chi connectivity index (χ4n) is 3.78. The lowest BCUT2D eigenvalue weighted by Crippen LogP contribution is -2.44. The van der Waals surface area contributed by atoms with E-state index in [0.29, 0.717) is 12.3 Å². The summed E-state index contributed by atoms with van der Waals surface area (Å²) in [6, 6.07) is 7.80. The molecule has 2 aliphatic heterocycles. The molecule has 1 aromatic carbocycles. The molecule has 0 spiro atoms. The van der Waals surface area contributed by atoms with Crippen LogP contribution in [0, 0.1) is 5.92 Å². The smallest absolute Gasteiger partial charge is 0.227 e. The Hall–Kier alpha value is -1.66. The van der Waals surface area contributed by atoms with E-state index in [9.17, 15) is 4.79 Å². The molecule has 26 heavy (non-hydrogen) atoms. The molecule has 2 fully saturated rings. The van der Waals surface area contributed by atoms with Gasteiger partial charge in [0.1, 0.15) is 5.82 Å². The van der Waals surface area contributed by atoms with Crippen molar-refractivity contribution in [1.82, 2.24) is 14.3 Å². The van der Waals surface area contributed by atoms with Gasteiger partial charge in [-0.25, -0.2) is 4.98 Å². The van der Waals surface area contributed by atoms with E-state index in [-0.39, 0.29) is 5.92 Å². The number of nitrogens with zero attached hydrogens (tertiary/aromatic N) is 4. The first kappa shape index (κ1) is 17.7. The number of halogens is 1. The number of rotatable bonds is 4. The van der Waals surface area contributed by atoms with Crippen LogP contribution in [0.2, 0.25) is 5.02 Å². The molecule has 1 amide bonds. The number of hydrogen-bond donors (Lipinski definition) is 0. The van der Waals surface area contributed by atoms with E-state index in [4.69, 9.17) is 16.6 Å². The summed E-state index contributed by atoms with van der Waals surface area (Å²) in [5.41, 5.74) is 1.15. The molecule has 2 saturated heterocycles. The normalized spacial score (nSPS) is 20.6. The summed E-state index contributed by atoms with van der Waals surface area (Å²) in [7, 11) is 0. The fourth-order valence-corrected chi connectivity index (χ4v) is 4.62. The van der Waals surface area contributed by atoms with Gasteiger partial charge < -0.3 is 9.80 Å². The van der Waals surface area contributed by atoms with Crippen LogP contribution >= 0.6 is 23.1 Å². The Morgan fingerprint density at radius 3 is 2.69 bits per heavy atom. The van der Waals surface area contributed by atoms with Crippen molar-refractivity contribution in [3.05, 3.63) is 40.7 Å². The summed E-state index contributed by atoms with van der Waals surface area (Å²) >= 11 is 7.38. The zero-order valence-corrected chi connectivity index (χ0v) is 16.3. The molecule has 4 rings (SSSR count). The van der Waals surface area contributed by atoms with Gasteiger partial charge in [0, 0.05) is 49.2 Å². The molecule has 5 nitrogen and oxygen atoms in total. The number of anilines is 1. The van der Waals surface area contributed by atoms with Crippen LogP contribution < -0.4 is 4.90 Å². The maximum Gasteiger partial charge on any atom is 0.227 e. The first-order valence-corrected chi connectivity index (χ1v) is 10.4. The minimum Gasteiger partial charge on any atom is -0.346 e. The van der Waals surface area contributed by atoms with Gasteiger partial charge in [0.15, 0.2) is 0 Å². The van der Waals surface area contributed by atoms with E-state index in [2.05, 4.69) is 9.27 Å². The van der Waals surface area contributed by atoms with Crippen molar-refractivity contribution in [1.29, 1.82) is 0 Å². The predicted molar refractivity (Wildman–Crippen MR) is 105 cm³/mol. The number of benzene rings is 1. The molecule has 0 N–H and O–H groups in total. The molecule has 2 aliphatic rings. The predicted octanol–water partition coefficient (Wildman–Crippen LogP) is 3.62. The van der Waals surface area contributed by atoms with Gasteiger partial charge >= 0.3 is 0 Å². The average Bonchev–Trinajstić information content (AvgIpc) is 3.35. The SMILES string of the molecule is O=C([C@@H]1CCCN(c2nc(Cc3ccc(Cl)cc3)ns2)C1)N1CCCC1. The maximum atomic E-state index is 12.7. The van der Waals surface area contributed by atoms with Gasteiger partial charge in [-0.3, -0.25) is 4.79 Å². The van der Waals surface area contributed by atoms with Crippen LogP contribution in [0.15, 0.2) is 24.3 Å². The minimum absolute atomic E-state index is 0.102. The highest BCUT2D eigenvalue weighted by Gasteiger charge is 2.31. The van der Waals surface area contributed by atoms with Crippen LogP contribution in [-0.2, 0) is 11.2 Å². The van der Waals surface area contributed by atoms with Crippen LogP contribution in [0.4, 0.5) is 5.13 Å². The first-order valence-electron chi connectivity index (χ1n) is 9.30. The van der Waals surface area contributed by atoms with Crippen LogP contribution in [0.1, 0.15) is 37.1 Å². The second kappa shape index (κ2) is 7.92. The lowest BCUT2D eigenvalue weighted by atomic mass is 9.97. The number of carbonyl (C=O) groups is 1. The van der Waals surface area contributed by atoms with Crippen molar-refractivity contribution < 1.29 is 4.79 Å². The number of aromatic nitrogens is 2. The van der Waals surface area contributed by atoms with Crippen molar-refractivity contribution in [2.24, 2.45) is 5.92 Å². The summed E-state index contributed by atoms with van der Waals surface area (Å²) < 4.78 is 4.52. The molecule has 1 aromatic heterocycles. The molecular weight excluding hydrogens is 368 g/mol. The summed E-state index contributed by atoms with van der Waals surface area (Å²) in [5.74, 6) is 1.27. The Labute approximate surface area is 163 Å². The Morgan fingerprint density at radius 1 is 1.15 bits per heavy atom. The highest BCUT2D eigenvalue weighted by Crippen LogP contribution is 2.27. The van der Waals surface area contributed by atoms with E-state index in [1.165, 1.54) is 11.5 Å². The van der Waals surface area contributed by atoms with Crippen molar-refractivity contribution in [2.75, 3.05) is 31.1 Å². The third kappa shape index (κ3) is 4.01. The molecule has 0 radical (unpaired) electrons. The van der Waals surface area contributed by atoms with Gasteiger partial charge in [0.05, 0.1) is 5.92 Å². The number of amides is 1. The van der Waals surface area contributed by atoms with Crippen molar-refractivity contribution in [3.63, 3.8) is 0 Å². The fraction of sp³-hybridized carbons (Fsp3) is 0.526. The Bertz CT molecular complexity index is 757. The maximum absolute atomic E-state index is 12.7. The van der Waals surface area contributed by atoms with Gasteiger partial charge in [-0.05, 0) is 43.4 Å². The van der Waals surface area contributed by atoms with Crippen LogP contribution in [0.5, 0.6) is 0 Å². The van der Waals surface area contributed by atoms with E-state index in [0.717, 1.165) is 73.4 Å².